The molecule has 0 unspecified atom stereocenters. The molecule has 104 valence electrons. The molecule has 0 aliphatic carbocycles. The summed E-state index contributed by atoms with van der Waals surface area (Å²) in [6, 6.07) is 12.0. The van der Waals surface area contributed by atoms with Gasteiger partial charge in [-0.2, -0.15) is 0 Å². The van der Waals surface area contributed by atoms with Gasteiger partial charge in [0, 0.05) is 25.7 Å². The van der Waals surface area contributed by atoms with Crippen molar-refractivity contribution in [2.75, 3.05) is 19.8 Å². The minimum absolute atomic E-state index is 0.0780. The third kappa shape index (κ3) is 3.22. The van der Waals surface area contributed by atoms with E-state index < -0.39 is 0 Å². The van der Waals surface area contributed by atoms with Crippen molar-refractivity contribution in [1.29, 1.82) is 0 Å². The number of hydrogen-bond donors (Lipinski definition) is 1. The van der Waals surface area contributed by atoms with Gasteiger partial charge in [0.05, 0.1) is 10.7 Å². The van der Waals surface area contributed by atoms with Gasteiger partial charge in [-0.15, -0.1) is 0 Å². The number of ether oxygens (including phenoxy) is 1. The van der Waals surface area contributed by atoms with Gasteiger partial charge in [0.2, 0.25) is 0 Å². The Morgan fingerprint density at radius 3 is 2.50 bits per heavy atom. The summed E-state index contributed by atoms with van der Waals surface area (Å²) in [7, 11) is 3.41. The molecule has 2 rings (SSSR count). The Hall–Kier alpha value is -2.20. The topological polar surface area (TPSA) is 55.6 Å². The van der Waals surface area contributed by atoms with E-state index in [2.05, 4.69) is 0 Å². The van der Waals surface area contributed by atoms with Gasteiger partial charge in [-0.25, -0.2) is 0 Å². The van der Waals surface area contributed by atoms with Crippen molar-refractivity contribution in [3.05, 3.63) is 53.1 Å². The van der Waals surface area contributed by atoms with E-state index in [4.69, 9.17) is 22.1 Å². The molecular formula is C15H15ClN2O2. The Kier molecular flexibility index (Phi) is 4.15. The monoisotopic (exact) mass is 290 g/mol. The fourth-order valence-corrected chi connectivity index (χ4v) is 1.83. The molecule has 0 aromatic heterocycles. The summed E-state index contributed by atoms with van der Waals surface area (Å²) in [5, 5.41) is 0.433. The number of carbonyl (C=O) groups is 1. The van der Waals surface area contributed by atoms with Crippen LogP contribution in [0.2, 0.25) is 5.02 Å². The third-order valence-electron chi connectivity index (χ3n) is 2.69. The van der Waals surface area contributed by atoms with Crippen molar-refractivity contribution in [1.82, 2.24) is 4.90 Å². The molecule has 0 saturated heterocycles. The largest absolute Gasteiger partial charge is 0.457 e. The fraction of sp³-hybridized carbons (Fsp3) is 0.133. The standard InChI is InChI=1S/C15H15ClN2O2/c1-18(2)15(19)10-4-3-5-11(8-10)20-12-6-7-14(17)13(16)9-12/h3-9H,17H2,1-2H3. The molecule has 0 saturated carbocycles. The van der Waals surface area contributed by atoms with Crippen molar-refractivity contribution < 1.29 is 9.53 Å². The van der Waals surface area contributed by atoms with E-state index >= 15 is 0 Å². The Morgan fingerprint density at radius 1 is 1.15 bits per heavy atom. The molecule has 2 N–H and O–H groups in total. The summed E-state index contributed by atoms with van der Waals surface area (Å²) in [5.74, 6) is 1.06. The molecular weight excluding hydrogens is 276 g/mol. The molecule has 0 fully saturated rings. The zero-order valence-corrected chi connectivity index (χ0v) is 12.0. The van der Waals surface area contributed by atoms with E-state index in [1.54, 1.807) is 56.6 Å². The highest BCUT2D eigenvalue weighted by Gasteiger charge is 2.09. The smallest absolute Gasteiger partial charge is 0.253 e. The lowest BCUT2D eigenvalue weighted by Crippen LogP contribution is -2.21. The van der Waals surface area contributed by atoms with Crippen molar-refractivity contribution in [2.45, 2.75) is 0 Å². The lowest BCUT2D eigenvalue weighted by Gasteiger charge is -2.12. The fourth-order valence-electron chi connectivity index (χ4n) is 1.66. The van der Waals surface area contributed by atoms with Crippen LogP contribution in [0.1, 0.15) is 10.4 Å². The predicted octanol–water partition coefficient (Wildman–Crippen LogP) is 3.42. The van der Waals surface area contributed by atoms with Crippen LogP contribution in [0.5, 0.6) is 11.5 Å². The number of anilines is 1. The Morgan fingerprint density at radius 2 is 1.85 bits per heavy atom. The van der Waals surface area contributed by atoms with E-state index in [1.165, 1.54) is 4.90 Å². The van der Waals surface area contributed by atoms with Crippen LogP contribution in [0.15, 0.2) is 42.5 Å². The number of carbonyl (C=O) groups excluding carboxylic acids is 1. The van der Waals surface area contributed by atoms with Crippen LogP contribution < -0.4 is 10.5 Å². The Labute approximate surface area is 122 Å². The van der Waals surface area contributed by atoms with Gasteiger partial charge in [0.15, 0.2) is 0 Å². The highest BCUT2D eigenvalue weighted by atomic mass is 35.5. The second-order valence-electron chi connectivity index (χ2n) is 4.51. The highest BCUT2D eigenvalue weighted by molar-refractivity contribution is 6.33. The minimum Gasteiger partial charge on any atom is -0.457 e. The number of benzene rings is 2. The number of amides is 1. The maximum absolute atomic E-state index is 11.9. The minimum atomic E-state index is -0.0780. The quantitative estimate of drug-likeness (QED) is 0.881. The maximum atomic E-state index is 11.9. The van der Waals surface area contributed by atoms with Gasteiger partial charge < -0.3 is 15.4 Å². The molecule has 0 bridgehead atoms. The van der Waals surface area contributed by atoms with Crippen LogP contribution in [0.3, 0.4) is 0 Å². The molecule has 2 aromatic carbocycles. The molecule has 4 nitrogen and oxygen atoms in total. The second kappa shape index (κ2) is 5.84. The first-order chi connectivity index (χ1) is 9.47. The first-order valence-corrected chi connectivity index (χ1v) is 6.40. The predicted molar refractivity (Wildman–Crippen MR) is 80.4 cm³/mol. The molecule has 0 heterocycles. The molecule has 0 atom stereocenters. The van der Waals surface area contributed by atoms with Gasteiger partial charge in [0.1, 0.15) is 11.5 Å². The SMILES string of the molecule is CN(C)C(=O)c1cccc(Oc2ccc(N)c(Cl)c2)c1. The maximum Gasteiger partial charge on any atom is 0.253 e. The van der Waals surface area contributed by atoms with E-state index in [1.807, 2.05) is 0 Å². The molecule has 0 spiro atoms. The van der Waals surface area contributed by atoms with E-state index in [-0.39, 0.29) is 5.91 Å². The average molecular weight is 291 g/mol. The zero-order chi connectivity index (χ0) is 14.7. The Bertz CT molecular complexity index is 642. The average Bonchev–Trinajstić information content (AvgIpc) is 2.42. The lowest BCUT2D eigenvalue weighted by atomic mass is 10.2. The van der Waals surface area contributed by atoms with E-state index in [9.17, 15) is 4.79 Å². The molecule has 0 aliphatic heterocycles. The van der Waals surface area contributed by atoms with Gasteiger partial charge in [-0.05, 0) is 30.3 Å². The van der Waals surface area contributed by atoms with Crippen LogP contribution in [-0.4, -0.2) is 24.9 Å². The van der Waals surface area contributed by atoms with Gasteiger partial charge in [-0.1, -0.05) is 17.7 Å². The second-order valence-corrected chi connectivity index (χ2v) is 4.92. The highest BCUT2D eigenvalue weighted by Crippen LogP contribution is 2.28. The van der Waals surface area contributed by atoms with Crippen LogP contribution in [0.25, 0.3) is 0 Å². The normalized spacial score (nSPS) is 10.2. The van der Waals surface area contributed by atoms with Crippen molar-refractivity contribution in [3.63, 3.8) is 0 Å². The van der Waals surface area contributed by atoms with E-state index in [0.29, 0.717) is 27.8 Å². The summed E-state index contributed by atoms with van der Waals surface area (Å²) in [4.78, 5) is 13.4. The summed E-state index contributed by atoms with van der Waals surface area (Å²) in [5.41, 5.74) is 6.70. The summed E-state index contributed by atoms with van der Waals surface area (Å²) < 4.78 is 5.67. The number of nitrogens with zero attached hydrogens (tertiary/aromatic N) is 1. The lowest BCUT2D eigenvalue weighted by molar-refractivity contribution is 0.0827. The molecule has 5 heteroatoms. The van der Waals surface area contributed by atoms with Crippen LogP contribution in [0, 0.1) is 0 Å². The number of halogens is 1. The Balaban J connectivity index is 2.23. The van der Waals surface area contributed by atoms with Crippen LogP contribution in [0.4, 0.5) is 5.69 Å². The van der Waals surface area contributed by atoms with Gasteiger partial charge >= 0.3 is 0 Å². The number of rotatable bonds is 3. The summed E-state index contributed by atoms with van der Waals surface area (Å²) >= 11 is 5.94. The van der Waals surface area contributed by atoms with Crippen molar-refractivity contribution in [2.24, 2.45) is 0 Å². The number of nitrogen functional groups attached to an aromatic ring is 1. The first-order valence-electron chi connectivity index (χ1n) is 6.02. The van der Waals surface area contributed by atoms with Gasteiger partial charge in [-0.3, -0.25) is 4.79 Å². The zero-order valence-electron chi connectivity index (χ0n) is 11.3. The molecule has 0 radical (unpaired) electrons. The number of hydrogen-bond acceptors (Lipinski definition) is 3. The summed E-state index contributed by atoms with van der Waals surface area (Å²) in [6.07, 6.45) is 0. The molecule has 2 aromatic rings. The molecule has 20 heavy (non-hydrogen) atoms. The van der Waals surface area contributed by atoms with E-state index in [0.717, 1.165) is 0 Å². The van der Waals surface area contributed by atoms with Crippen molar-refractivity contribution >= 4 is 23.2 Å². The molecule has 1 amide bonds. The van der Waals surface area contributed by atoms with Gasteiger partial charge in [0.25, 0.3) is 5.91 Å². The number of nitrogens with two attached hydrogens (primary N) is 1. The molecule has 0 aliphatic rings. The summed E-state index contributed by atoms with van der Waals surface area (Å²) in [6.45, 7) is 0. The van der Waals surface area contributed by atoms with Crippen LogP contribution >= 0.6 is 11.6 Å². The van der Waals surface area contributed by atoms with Crippen LogP contribution in [-0.2, 0) is 0 Å². The van der Waals surface area contributed by atoms with Crippen molar-refractivity contribution in [3.8, 4) is 11.5 Å². The first kappa shape index (κ1) is 14.2. The third-order valence-corrected chi connectivity index (χ3v) is 3.02.